The zero-order valence-electron chi connectivity index (χ0n) is 13.1. The summed E-state index contributed by atoms with van der Waals surface area (Å²) in [6, 6.07) is 6.53. The lowest BCUT2D eigenvalue weighted by molar-refractivity contribution is -0.157. The summed E-state index contributed by atoms with van der Waals surface area (Å²) in [5.74, 6) is -1.67. The Balaban J connectivity index is 1.46. The highest BCUT2D eigenvalue weighted by Crippen LogP contribution is 2.58. The molecule has 6 atom stereocenters. The fourth-order valence-electron chi connectivity index (χ4n) is 4.51. The van der Waals surface area contributed by atoms with Crippen molar-refractivity contribution in [3.8, 4) is 0 Å². The molecule has 0 N–H and O–H groups in total. The highest BCUT2D eigenvalue weighted by Gasteiger charge is 2.64. The monoisotopic (exact) mass is 348 g/mol. The van der Waals surface area contributed by atoms with E-state index in [0.29, 0.717) is 10.6 Å². The number of fused-ring (bicyclic) bond motifs is 1. The lowest BCUT2D eigenvalue weighted by Gasteiger charge is -2.24. The molecule has 24 heavy (non-hydrogen) atoms. The molecule has 0 spiro atoms. The Morgan fingerprint density at radius 2 is 2.12 bits per heavy atom. The Kier molecular flexibility index (Phi) is 3.64. The predicted octanol–water partition coefficient (Wildman–Crippen LogP) is 2.65. The maximum absolute atomic E-state index is 12.6. The standard InChI is InChI=1S/C18H17ClO5/c1-8(16(20)9-3-2-4-11(19)5-9)23-17(21)14-10-6-12-13(7-10)24-18(22)15(12)14/h2-5,8,10,12-15H,6-7H2,1H3/t8-,10+,12-,13+,14-,15-/m0/s1. The smallest absolute Gasteiger partial charge is 0.310 e. The molecule has 0 amide bonds. The van der Waals surface area contributed by atoms with Crippen molar-refractivity contribution in [3.05, 3.63) is 34.9 Å². The van der Waals surface area contributed by atoms with E-state index in [0.717, 1.165) is 12.8 Å². The number of carbonyl (C=O) groups excluding carboxylic acids is 3. The number of benzene rings is 1. The first-order valence-corrected chi connectivity index (χ1v) is 8.54. The SMILES string of the molecule is C[C@H](OC(=O)[C@H]1[C@@H]2C[C@@H]3[C@@H]1C(=O)O[C@@H]3C2)C(=O)c1cccc(Cl)c1. The van der Waals surface area contributed by atoms with Crippen molar-refractivity contribution >= 4 is 29.3 Å². The van der Waals surface area contributed by atoms with Crippen molar-refractivity contribution < 1.29 is 23.9 Å². The molecule has 0 aromatic heterocycles. The maximum atomic E-state index is 12.6. The fourth-order valence-corrected chi connectivity index (χ4v) is 4.70. The number of carbonyl (C=O) groups is 3. The second-order valence-corrected chi connectivity index (χ2v) is 7.31. The van der Waals surface area contributed by atoms with Crippen molar-refractivity contribution in [1.82, 2.24) is 0 Å². The summed E-state index contributed by atoms with van der Waals surface area (Å²) in [4.78, 5) is 37.0. The molecule has 2 aliphatic carbocycles. The van der Waals surface area contributed by atoms with Crippen molar-refractivity contribution in [1.29, 1.82) is 0 Å². The molecule has 2 saturated carbocycles. The van der Waals surface area contributed by atoms with Crippen LogP contribution in [-0.4, -0.2) is 29.9 Å². The summed E-state index contributed by atoms with van der Waals surface area (Å²) in [6.07, 6.45) is 0.617. The minimum Gasteiger partial charge on any atom is -0.462 e. The van der Waals surface area contributed by atoms with Crippen LogP contribution in [0, 0.1) is 23.7 Å². The van der Waals surface area contributed by atoms with Crippen LogP contribution in [0.4, 0.5) is 0 Å². The van der Waals surface area contributed by atoms with Crippen molar-refractivity contribution in [2.75, 3.05) is 0 Å². The van der Waals surface area contributed by atoms with Gasteiger partial charge in [0.15, 0.2) is 6.10 Å². The first kappa shape index (κ1) is 15.6. The molecule has 1 aromatic rings. The Bertz CT molecular complexity index is 728. The van der Waals surface area contributed by atoms with Gasteiger partial charge in [-0.1, -0.05) is 23.7 Å². The summed E-state index contributed by atoms with van der Waals surface area (Å²) in [7, 11) is 0. The fraction of sp³-hybridized carbons (Fsp3) is 0.500. The Morgan fingerprint density at radius 1 is 1.33 bits per heavy atom. The minimum absolute atomic E-state index is 0.0259. The molecule has 1 heterocycles. The highest BCUT2D eigenvalue weighted by molar-refractivity contribution is 6.31. The van der Waals surface area contributed by atoms with Crippen molar-refractivity contribution in [2.45, 2.75) is 32.0 Å². The van der Waals surface area contributed by atoms with E-state index in [1.807, 2.05) is 0 Å². The second kappa shape index (κ2) is 5.59. The van der Waals surface area contributed by atoms with Crippen LogP contribution in [0.15, 0.2) is 24.3 Å². The van der Waals surface area contributed by atoms with Gasteiger partial charge in [0.1, 0.15) is 6.10 Å². The number of halogens is 1. The number of hydrogen-bond acceptors (Lipinski definition) is 5. The first-order valence-electron chi connectivity index (χ1n) is 8.16. The summed E-state index contributed by atoms with van der Waals surface area (Å²) in [5.41, 5.74) is 0.399. The van der Waals surface area contributed by atoms with E-state index < -0.39 is 23.9 Å². The number of esters is 2. The van der Waals surface area contributed by atoms with Crippen molar-refractivity contribution in [2.24, 2.45) is 23.7 Å². The Labute approximate surface area is 144 Å². The van der Waals surface area contributed by atoms with Crippen LogP contribution in [0.2, 0.25) is 5.02 Å². The predicted molar refractivity (Wildman–Crippen MR) is 84.4 cm³/mol. The van der Waals surface area contributed by atoms with Crippen LogP contribution in [0.5, 0.6) is 0 Å². The van der Waals surface area contributed by atoms with Crippen LogP contribution >= 0.6 is 11.6 Å². The quantitative estimate of drug-likeness (QED) is 0.618. The normalized spacial score (nSPS) is 34.1. The van der Waals surface area contributed by atoms with E-state index in [1.54, 1.807) is 31.2 Å². The average Bonchev–Trinajstić information content (AvgIpc) is 3.15. The van der Waals surface area contributed by atoms with Crippen molar-refractivity contribution in [3.63, 3.8) is 0 Å². The zero-order chi connectivity index (χ0) is 17.0. The number of Topliss-reactive ketones (excluding diaryl/α,β-unsaturated/α-hetero) is 1. The molecule has 3 aliphatic rings. The molecule has 1 aromatic carbocycles. The Morgan fingerprint density at radius 3 is 2.88 bits per heavy atom. The van der Waals surface area contributed by atoms with E-state index in [2.05, 4.69) is 0 Å². The molecule has 126 valence electrons. The minimum atomic E-state index is -0.914. The number of hydrogen-bond donors (Lipinski definition) is 0. The largest absolute Gasteiger partial charge is 0.462 e. The molecule has 2 bridgehead atoms. The molecule has 3 fully saturated rings. The summed E-state index contributed by atoms with van der Waals surface area (Å²) >= 11 is 5.89. The third-order valence-corrected chi connectivity index (χ3v) is 5.76. The average molecular weight is 349 g/mol. The van der Waals surface area contributed by atoms with Gasteiger partial charge in [0.25, 0.3) is 0 Å². The molecule has 0 radical (unpaired) electrons. The van der Waals surface area contributed by atoms with Gasteiger partial charge in [-0.15, -0.1) is 0 Å². The van der Waals surface area contributed by atoms with Gasteiger partial charge >= 0.3 is 11.9 Å². The van der Waals surface area contributed by atoms with Gasteiger partial charge in [0, 0.05) is 16.5 Å². The highest BCUT2D eigenvalue weighted by atomic mass is 35.5. The van der Waals surface area contributed by atoms with Gasteiger partial charge < -0.3 is 9.47 Å². The molecule has 0 unspecified atom stereocenters. The lowest BCUT2D eigenvalue weighted by Crippen LogP contribution is -2.36. The number of ketones is 1. The van der Waals surface area contributed by atoms with E-state index in [1.165, 1.54) is 0 Å². The van der Waals surface area contributed by atoms with Crippen LogP contribution in [0.3, 0.4) is 0 Å². The topological polar surface area (TPSA) is 69.7 Å². The van der Waals surface area contributed by atoms with Gasteiger partial charge in [-0.3, -0.25) is 14.4 Å². The summed E-state index contributed by atoms with van der Waals surface area (Å²) in [6.45, 7) is 1.55. The summed E-state index contributed by atoms with van der Waals surface area (Å²) < 4.78 is 10.7. The second-order valence-electron chi connectivity index (χ2n) is 6.88. The van der Waals surface area contributed by atoms with Gasteiger partial charge in [0.2, 0.25) is 5.78 Å². The van der Waals surface area contributed by atoms with Crippen LogP contribution < -0.4 is 0 Å². The molecule has 5 nitrogen and oxygen atoms in total. The van der Waals surface area contributed by atoms with Gasteiger partial charge in [-0.25, -0.2) is 0 Å². The zero-order valence-corrected chi connectivity index (χ0v) is 13.9. The molecular weight excluding hydrogens is 332 g/mol. The molecule has 1 saturated heterocycles. The van der Waals surface area contributed by atoms with E-state index in [9.17, 15) is 14.4 Å². The van der Waals surface area contributed by atoms with E-state index in [-0.39, 0.29) is 29.7 Å². The van der Waals surface area contributed by atoms with E-state index >= 15 is 0 Å². The van der Waals surface area contributed by atoms with Gasteiger partial charge in [-0.2, -0.15) is 0 Å². The molecule has 4 rings (SSSR count). The third-order valence-electron chi connectivity index (χ3n) is 5.53. The summed E-state index contributed by atoms with van der Waals surface area (Å²) in [5, 5.41) is 0.451. The Hall–Kier alpha value is -1.88. The number of rotatable bonds is 4. The van der Waals surface area contributed by atoms with Crippen LogP contribution in [0.1, 0.15) is 30.1 Å². The van der Waals surface area contributed by atoms with E-state index in [4.69, 9.17) is 21.1 Å². The van der Waals surface area contributed by atoms with Gasteiger partial charge in [-0.05, 0) is 37.8 Å². The van der Waals surface area contributed by atoms with Crippen LogP contribution in [0.25, 0.3) is 0 Å². The number of ether oxygens (including phenoxy) is 2. The molecule has 6 heteroatoms. The molecular formula is C18H17ClO5. The third kappa shape index (κ3) is 2.34. The maximum Gasteiger partial charge on any atom is 0.310 e. The first-order chi connectivity index (χ1) is 11.5. The van der Waals surface area contributed by atoms with Gasteiger partial charge in [0.05, 0.1) is 11.8 Å². The lowest BCUT2D eigenvalue weighted by atomic mass is 9.80. The van der Waals surface area contributed by atoms with Crippen LogP contribution in [-0.2, 0) is 19.1 Å². The molecule has 1 aliphatic heterocycles.